The first-order valence-electron chi connectivity index (χ1n) is 7.82. The SMILES string of the molecule is Oc1cc(-c2nc3ccccc3o2)cc(-c2nc3ccccc3o2)c1. The van der Waals surface area contributed by atoms with Gasteiger partial charge < -0.3 is 13.9 Å². The number of benzene rings is 3. The van der Waals surface area contributed by atoms with Crippen LogP contribution >= 0.6 is 0 Å². The van der Waals surface area contributed by atoms with E-state index < -0.39 is 0 Å². The van der Waals surface area contributed by atoms with Crippen LogP contribution in [0, 0.1) is 0 Å². The fourth-order valence-corrected chi connectivity index (χ4v) is 2.85. The van der Waals surface area contributed by atoms with Crippen LogP contribution in [0.4, 0.5) is 0 Å². The number of para-hydroxylation sites is 4. The van der Waals surface area contributed by atoms with Crippen LogP contribution in [0.5, 0.6) is 5.75 Å². The van der Waals surface area contributed by atoms with Crippen molar-refractivity contribution in [1.82, 2.24) is 9.97 Å². The average molecular weight is 328 g/mol. The molecule has 0 saturated heterocycles. The highest BCUT2D eigenvalue weighted by molar-refractivity contribution is 5.79. The molecule has 5 nitrogen and oxygen atoms in total. The Balaban J connectivity index is 1.66. The second-order valence-electron chi connectivity index (χ2n) is 5.74. The maximum atomic E-state index is 10.1. The van der Waals surface area contributed by atoms with Crippen molar-refractivity contribution in [1.29, 1.82) is 0 Å². The minimum atomic E-state index is 0.0945. The average Bonchev–Trinajstić information content (AvgIpc) is 3.25. The summed E-state index contributed by atoms with van der Waals surface area (Å²) < 4.78 is 11.6. The molecule has 0 unspecified atom stereocenters. The predicted octanol–water partition coefficient (Wildman–Crippen LogP) is 5.01. The Morgan fingerprint density at radius 2 is 1.12 bits per heavy atom. The van der Waals surface area contributed by atoms with E-state index in [1.807, 2.05) is 54.6 Å². The number of aromatic nitrogens is 2. The molecule has 2 heterocycles. The number of phenolic OH excluding ortho intramolecular Hbond substituents is 1. The molecule has 0 radical (unpaired) electrons. The first-order valence-corrected chi connectivity index (χ1v) is 7.82. The summed E-state index contributed by atoms with van der Waals surface area (Å²) in [4.78, 5) is 8.95. The zero-order valence-electron chi connectivity index (χ0n) is 13.0. The lowest BCUT2D eigenvalue weighted by atomic mass is 10.1. The van der Waals surface area contributed by atoms with Gasteiger partial charge in [0, 0.05) is 11.1 Å². The summed E-state index contributed by atoms with van der Waals surface area (Å²) in [5.41, 5.74) is 4.25. The zero-order chi connectivity index (χ0) is 16.8. The van der Waals surface area contributed by atoms with Crippen molar-refractivity contribution in [2.24, 2.45) is 0 Å². The van der Waals surface area contributed by atoms with Crippen molar-refractivity contribution in [2.45, 2.75) is 0 Å². The topological polar surface area (TPSA) is 72.3 Å². The van der Waals surface area contributed by atoms with Crippen molar-refractivity contribution in [3.8, 4) is 28.7 Å². The van der Waals surface area contributed by atoms with E-state index in [0.29, 0.717) is 34.1 Å². The molecule has 0 fully saturated rings. The number of rotatable bonds is 2. The summed E-state index contributed by atoms with van der Waals surface area (Å²) in [6.45, 7) is 0. The maximum Gasteiger partial charge on any atom is 0.227 e. The second kappa shape index (κ2) is 5.21. The zero-order valence-corrected chi connectivity index (χ0v) is 13.0. The molecule has 2 aromatic heterocycles. The summed E-state index contributed by atoms with van der Waals surface area (Å²) in [7, 11) is 0. The third-order valence-corrected chi connectivity index (χ3v) is 4.00. The number of oxazole rings is 2. The van der Waals surface area contributed by atoms with Crippen LogP contribution in [-0.2, 0) is 0 Å². The van der Waals surface area contributed by atoms with Crippen molar-refractivity contribution in [3.63, 3.8) is 0 Å². The third kappa shape index (κ3) is 2.33. The number of hydrogen-bond donors (Lipinski definition) is 1. The highest BCUT2D eigenvalue weighted by Crippen LogP contribution is 2.33. The summed E-state index contributed by atoms with van der Waals surface area (Å²) in [6.07, 6.45) is 0. The predicted molar refractivity (Wildman–Crippen MR) is 94.1 cm³/mol. The Labute approximate surface area is 142 Å². The monoisotopic (exact) mass is 328 g/mol. The lowest BCUT2D eigenvalue weighted by molar-refractivity contribution is 0.475. The molecule has 0 spiro atoms. The van der Waals surface area contributed by atoms with Crippen molar-refractivity contribution in [3.05, 3.63) is 66.7 Å². The molecule has 0 aliphatic heterocycles. The highest BCUT2D eigenvalue weighted by Gasteiger charge is 2.14. The second-order valence-corrected chi connectivity index (χ2v) is 5.74. The van der Waals surface area contributed by atoms with Gasteiger partial charge in [-0.05, 0) is 42.5 Å². The van der Waals surface area contributed by atoms with Crippen molar-refractivity contribution >= 4 is 22.2 Å². The Hall–Kier alpha value is -3.60. The van der Waals surface area contributed by atoms with Gasteiger partial charge >= 0.3 is 0 Å². The number of aromatic hydroxyl groups is 1. The molecular formula is C20H12N2O3. The van der Waals surface area contributed by atoms with Gasteiger partial charge in [-0.3, -0.25) is 0 Å². The maximum absolute atomic E-state index is 10.1. The van der Waals surface area contributed by atoms with E-state index in [1.165, 1.54) is 0 Å². The summed E-state index contributed by atoms with van der Waals surface area (Å²) in [5.74, 6) is 0.973. The summed E-state index contributed by atoms with van der Waals surface area (Å²) >= 11 is 0. The molecule has 0 saturated carbocycles. The standard InChI is InChI=1S/C20H12N2O3/c23-14-10-12(19-21-15-5-1-3-7-17(15)24-19)9-13(11-14)20-22-16-6-2-4-8-18(16)25-20/h1-11,23H. The molecule has 1 N–H and O–H groups in total. The lowest BCUT2D eigenvalue weighted by Gasteiger charge is -2.01. The smallest absolute Gasteiger partial charge is 0.227 e. The van der Waals surface area contributed by atoms with Gasteiger partial charge in [-0.2, -0.15) is 0 Å². The van der Waals surface area contributed by atoms with Gasteiger partial charge in [-0.1, -0.05) is 24.3 Å². The van der Waals surface area contributed by atoms with Gasteiger partial charge in [0.05, 0.1) is 0 Å². The molecule has 0 atom stereocenters. The minimum Gasteiger partial charge on any atom is -0.508 e. The molecule has 0 bridgehead atoms. The van der Waals surface area contributed by atoms with E-state index in [0.717, 1.165) is 11.0 Å². The molecule has 5 heteroatoms. The van der Waals surface area contributed by atoms with Crippen molar-refractivity contribution < 1.29 is 13.9 Å². The Kier molecular flexibility index (Phi) is 2.87. The van der Waals surface area contributed by atoms with Gasteiger partial charge in [-0.25, -0.2) is 9.97 Å². The van der Waals surface area contributed by atoms with Crippen molar-refractivity contribution in [2.75, 3.05) is 0 Å². The van der Waals surface area contributed by atoms with E-state index in [-0.39, 0.29) is 5.75 Å². The Morgan fingerprint density at radius 3 is 1.60 bits per heavy atom. The Morgan fingerprint density at radius 1 is 0.640 bits per heavy atom. The van der Waals surface area contributed by atoms with Gasteiger partial charge in [0.25, 0.3) is 0 Å². The quantitative estimate of drug-likeness (QED) is 0.493. The number of hydrogen-bond acceptors (Lipinski definition) is 5. The van der Waals surface area contributed by atoms with E-state index in [9.17, 15) is 5.11 Å². The largest absolute Gasteiger partial charge is 0.508 e. The summed E-state index contributed by atoms with van der Waals surface area (Å²) in [6, 6.07) is 20.1. The van der Waals surface area contributed by atoms with E-state index >= 15 is 0 Å². The van der Waals surface area contributed by atoms with Gasteiger partial charge in [0.1, 0.15) is 16.8 Å². The first kappa shape index (κ1) is 13.8. The van der Waals surface area contributed by atoms with Gasteiger partial charge in [0.15, 0.2) is 11.2 Å². The molecule has 0 amide bonds. The number of phenols is 1. The molecule has 0 aliphatic rings. The fourth-order valence-electron chi connectivity index (χ4n) is 2.85. The Bertz CT molecular complexity index is 1060. The highest BCUT2D eigenvalue weighted by atomic mass is 16.4. The molecule has 120 valence electrons. The van der Waals surface area contributed by atoms with E-state index in [4.69, 9.17) is 8.83 Å². The molecule has 25 heavy (non-hydrogen) atoms. The van der Waals surface area contributed by atoms with Gasteiger partial charge in [-0.15, -0.1) is 0 Å². The van der Waals surface area contributed by atoms with Gasteiger partial charge in [0.2, 0.25) is 11.8 Å². The molecule has 3 aromatic carbocycles. The lowest BCUT2D eigenvalue weighted by Crippen LogP contribution is -1.82. The van der Waals surface area contributed by atoms with Crippen LogP contribution in [0.15, 0.2) is 75.6 Å². The molecule has 5 aromatic rings. The van der Waals surface area contributed by atoms with E-state index in [2.05, 4.69) is 9.97 Å². The van der Waals surface area contributed by atoms with Crippen LogP contribution in [0.3, 0.4) is 0 Å². The van der Waals surface area contributed by atoms with Crippen LogP contribution in [0.1, 0.15) is 0 Å². The normalized spacial score (nSPS) is 11.4. The number of fused-ring (bicyclic) bond motifs is 2. The fraction of sp³-hybridized carbons (Fsp3) is 0. The van der Waals surface area contributed by atoms with E-state index in [1.54, 1.807) is 12.1 Å². The molecular weight excluding hydrogens is 316 g/mol. The van der Waals surface area contributed by atoms with Crippen LogP contribution < -0.4 is 0 Å². The number of nitrogens with zero attached hydrogens (tertiary/aromatic N) is 2. The van der Waals surface area contributed by atoms with Crippen LogP contribution in [-0.4, -0.2) is 15.1 Å². The minimum absolute atomic E-state index is 0.0945. The summed E-state index contributed by atoms with van der Waals surface area (Å²) in [5, 5.41) is 10.1. The first-order chi connectivity index (χ1) is 12.3. The van der Waals surface area contributed by atoms with Crippen LogP contribution in [0.25, 0.3) is 45.1 Å². The molecule has 5 rings (SSSR count). The molecule has 0 aliphatic carbocycles. The third-order valence-electron chi connectivity index (χ3n) is 4.00. The van der Waals surface area contributed by atoms with Crippen LogP contribution in [0.2, 0.25) is 0 Å².